The van der Waals surface area contributed by atoms with Crippen LogP contribution >= 0.6 is 0 Å². The number of piperidine rings is 1. The number of hydrogen-bond donors (Lipinski definition) is 1. The number of aromatic nitrogens is 2. The quantitative estimate of drug-likeness (QED) is 0.746. The van der Waals surface area contributed by atoms with Crippen molar-refractivity contribution in [3.63, 3.8) is 0 Å². The number of pyridine rings is 1. The Morgan fingerprint density at radius 3 is 2.52 bits per heavy atom. The molecular formula is C22H26N4O. The minimum absolute atomic E-state index is 0.115. The molecular weight excluding hydrogens is 336 g/mol. The lowest BCUT2D eigenvalue weighted by Crippen LogP contribution is -2.29. The second kappa shape index (κ2) is 7.43. The van der Waals surface area contributed by atoms with E-state index in [1.165, 1.54) is 24.9 Å². The summed E-state index contributed by atoms with van der Waals surface area (Å²) in [5.41, 5.74) is 5.39. The molecule has 2 aromatic heterocycles. The van der Waals surface area contributed by atoms with Crippen molar-refractivity contribution < 1.29 is 4.79 Å². The number of imidazole rings is 1. The molecule has 1 aliphatic heterocycles. The van der Waals surface area contributed by atoms with Crippen LogP contribution in [0.4, 0.5) is 11.4 Å². The predicted molar refractivity (Wildman–Crippen MR) is 110 cm³/mol. The van der Waals surface area contributed by atoms with Gasteiger partial charge in [0, 0.05) is 30.7 Å². The monoisotopic (exact) mass is 362 g/mol. The molecule has 0 atom stereocenters. The van der Waals surface area contributed by atoms with Gasteiger partial charge in [0.05, 0.1) is 5.69 Å². The maximum atomic E-state index is 13.0. The zero-order valence-corrected chi connectivity index (χ0v) is 16.0. The summed E-state index contributed by atoms with van der Waals surface area (Å²) in [6, 6.07) is 12.1. The average molecular weight is 362 g/mol. The number of nitrogens with zero attached hydrogens (tertiary/aromatic N) is 3. The Morgan fingerprint density at radius 2 is 1.81 bits per heavy atom. The number of hydrogen-bond acceptors (Lipinski definition) is 3. The second-order valence-corrected chi connectivity index (χ2v) is 7.24. The van der Waals surface area contributed by atoms with Gasteiger partial charge >= 0.3 is 0 Å². The van der Waals surface area contributed by atoms with Crippen LogP contribution in [-0.4, -0.2) is 28.4 Å². The van der Waals surface area contributed by atoms with Crippen LogP contribution in [0.5, 0.6) is 0 Å². The summed E-state index contributed by atoms with van der Waals surface area (Å²) in [6.45, 7) is 6.28. The first-order valence-corrected chi connectivity index (χ1v) is 9.79. The van der Waals surface area contributed by atoms with Crippen LogP contribution in [0.3, 0.4) is 0 Å². The molecule has 3 aromatic rings. The molecule has 0 unspecified atom stereocenters. The summed E-state index contributed by atoms with van der Waals surface area (Å²) in [5.74, 6) is -0.115. The maximum absolute atomic E-state index is 13.0. The Hall–Kier alpha value is -2.82. The van der Waals surface area contributed by atoms with Crippen molar-refractivity contribution >= 4 is 22.9 Å². The van der Waals surface area contributed by atoms with Gasteiger partial charge in [-0.15, -0.1) is 0 Å². The van der Waals surface area contributed by atoms with Crippen molar-refractivity contribution in [3.05, 3.63) is 59.5 Å². The molecule has 5 nitrogen and oxygen atoms in total. The fourth-order valence-corrected chi connectivity index (χ4v) is 3.78. The van der Waals surface area contributed by atoms with E-state index >= 15 is 0 Å². The van der Waals surface area contributed by atoms with Gasteiger partial charge in [-0.25, -0.2) is 4.98 Å². The highest BCUT2D eigenvalue weighted by Gasteiger charge is 2.18. The molecule has 1 aliphatic rings. The van der Waals surface area contributed by atoms with Gasteiger partial charge in [0.2, 0.25) is 0 Å². The summed E-state index contributed by atoms with van der Waals surface area (Å²) >= 11 is 0. The molecule has 3 heterocycles. The molecule has 0 aliphatic carbocycles. The molecule has 140 valence electrons. The maximum Gasteiger partial charge on any atom is 0.274 e. The normalized spacial score (nSPS) is 14.5. The number of nitrogens with one attached hydrogen (secondary N) is 1. The van der Waals surface area contributed by atoms with E-state index in [0.29, 0.717) is 5.69 Å². The van der Waals surface area contributed by atoms with Crippen LogP contribution in [-0.2, 0) is 6.42 Å². The standard InChI is InChI=1S/C22H26N4O/c1-3-19-21(26-15-16(2)7-12-20(26)24-19)22(27)23-17-8-10-18(11-9-17)25-13-5-4-6-14-25/h7-12,15H,3-6,13-14H2,1-2H3,(H,23,27). The van der Waals surface area contributed by atoms with E-state index in [1.54, 1.807) is 0 Å². The van der Waals surface area contributed by atoms with Crippen LogP contribution in [0, 0.1) is 6.92 Å². The third kappa shape index (κ3) is 3.54. The van der Waals surface area contributed by atoms with E-state index < -0.39 is 0 Å². The molecule has 27 heavy (non-hydrogen) atoms. The average Bonchev–Trinajstić information content (AvgIpc) is 3.07. The number of benzene rings is 1. The summed E-state index contributed by atoms with van der Waals surface area (Å²) < 4.78 is 1.89. The molecule has 4 rings (SSSR count). The van der Waals surface area contributed by atoms with Crippen molar-refractivity contribution in [3.8, 4) is 0 Å². The summed E-state index contributed by atoms with van der Waals surface area (Å²) in [4.78, 5) is 20.0. The Labute approximate surface area is 160 Å². The minimum atomic E-state index is -0.115. The summed E-state index contributed by atoms with van der Waals surface area (Å²) in [6.07, 6.45) is 6.52. The zero-order valence-electron chi connectivity index (χ0n) is 16.0. The molecule has 5 heteroatoms. The Bertz CT molecular complexity index is 952. The van der Waals surface area contributed by atoms with Gasteiger partial charge in [0.1, 0.15) is 11.3 Å². The molecule has 1 N–H and O–H groups in total. The first kappa shape index (κ1) is 17.6. The summed E-state index contributed by atoms with van der Waals surface area (Å²) in [7, 11) is 0. The third-order valence-corrected chi connectivity index (χ3v) is 5.23. The highest BCUT2D eigenvalue weighted by atomic mass is 16.2. The Morgan fingerprint density at radius 1 is 1.07 bits per heavy atom. The topological polar surface area (TPSA) is 49.6 Å². The van der Waals surface area contributed by atoms with Crippen molar-refractivity contribution in [1.29, 1.82) is 0 Å². The fraction of sp³-hybridized carbons (Fsp3) is 0.364. The van der Waals surface area contributed by atoms with Gasteiger partial charge in [-0.3, -0.25) is 9.20 Å². The summed E-state index contributed by atoms with van der Waals surface area (Å²) in [5, 5.41) is 3.04. The first-order chi connectivity index (χ1) is 13.2. The zero-order chi connectivity index (χ0) is 18.8. The van der Waals surface area contributed by atoms with Crippen LogP contribution < -0.4 is 10.2 Å². The van der Waals surface area contributed by atoms with Gasteiger partial charge < -0.3 is 10.2 Å². The third-order valence-electron chi connectivity index (χ3n) is 5.23. The Balaban J connectivity index is 1.57. The van der Waals surface area contributed by atoms with Crippen LogP contribution in [0.2, 0.25) is 0 Å². The van der Waals surface area contributed by atoms with Gasteiger partial charge in [0.25, 0.3) is 5.91 Å². The molecule has 0 bridgehead atoms. The van der Waals surface area contributed by atoms with Gasteiger partial charge in [-0.1, -0.05) is 13.0 Å². The fourth-order valence-electron chi connectivity index (χ4n) is 3.78. The number of aryl methyl sites for hydroxylation is 2. The lowest BCUT2D eigenvalue weighted by molar-refractivity contribution is 0.102. The predicted octanol–water partition coefficient (Wildman–Crippen LogP) is 4.45. The molecule has 0 spiro atoms. The lowest BCUT2D eigenvalue weighted by atomic mass is 10.1. The number of carbonyl (C=O) groups is 1. The van der Waals surface area contributed by atoms with E-state index in [-0.39, 0.29) is 5.91 Å². The molecule has 1 amide bonds. The first-order valence-electron chi connectivity index (χ1n) is 9.79. The number of rotatable bonds is 4. The van der Waals surface area contributed by atoms with Crippen molar-refractivity contribution in [2.45, 2.75) is 39.5 Å². The minimum Gasteiger partial charge on any atom is -0.372 e. The number of carbonyl (C=O) groups excluding carboxylic acids is 1. The van der Waals surface area contributed by atoms with E-state index in [1.807, 2.05) is 48.7 Å². The number of anilines is 2. The van der Waals surface area contributed by atoms with Crippen LogP contribution in [0.25, 0.3) is 5.65 Å². The highest BCUT2D eigenvalue weighted by molar-refractivity contribution is 6.04. The molecule has 1 aromatic carbocycles. The van der Waals surface area contributed by atoms with E-state index in [4.69, 9.17) is 0 Å². The number of amides is 1. The lowest BCUT2D eigenvalue weighted by Gasteiger charge is -2.28. The molecule has 1 fully saturated rings. The van der Waals surface area contributed by atoms with Crippen LogP contribution in [0.1, 0.15) is 47.9 Å². The highest BCUT2D eigenvalue weighted by Crippen LogP contribution is 2.23. The smallest absolute Gasteiger partial charge is 0.274 e. The molecule has 0 saturated carbocycles. The van der Waals surface area contributed by atoms with Gasteiger partial charge in [-0.05, 0) is 68.5 Å². The van der Waals surface area contributed by atoms with Gasteiger partial charge in [0.15, 0.2) is 0 Å². The molecule has 1 saturated heterocycles. The van der Waals surface area contributed by atoms with E-state index in [0.717, 1.165) is 42.1 Å². The SMILES string of the molecule is CCc1nc2ccc(C)cn2c1C(=O)Nc1ccc(N2CCCCC2)cc1. The molecule has 0 radical (unpaired) electrons. The van der Waals surface area contributed by atoms with E-state index in [2.05, 4.69) is 27.3 Å². The Kier molecular flexibility index (Phi) is 4.84. The van der Waals surface area contributed by atoms with Crippen molar-refractivity contribution in [2.24, 2.45) is 0 Å². The van der Waals surface area contributed by atoms with Crippen molar-refractivity contribution in [1.82, 2.24) is 9.38 Å². The number of fused-ring (bicyclic) bond motifs is 1. The van der Waals surface area contributed by atoms with E-state index in [9.17, 15) is 4.79 Å². The second-order valence-electron chi connectivity index (χ2n) is 7.24. The largest absolute Gasteiger partial charge is 0.372 e. The van der Waals surface area contributed by atoms with Crippen molar-refractivity contribution in [2.75, 3.05) is 23.3 Å². The van der Waals surface area contributed by atoms with Gasteiger partial charge in [-0.2, -0.15) is 0 Å². The van der Waals surface area contributed by atoms with Crippen LogP contribution in [0.15, 0.2) is 42.6 Å².